The molecule has 6 heteroatoms. The molecule has 0 radical (unpaired) electrons. The minimum Gasteiger partial charge on any atom is -0.406 e. The Balaban J connectivity index is 3.01. The van der Waals surface area contributed by atoms with Crippen LogP contribution in [0.2, 0.25) is 0 Å². The molecule has 84 valence electrons. The highest BCUT2D eigenvalue weighted by Crippen LogP contribution is 2.30. The first-order chi connectivity index (χ1) is 6.79. The topological polar surface area (TPSA) is 9.23 Å². The van der Waals surface area contributed by atoms with Crippen molar-refractivity contribution >= 4 is 0 Å². The lowest BCUT2D eigenvalue weighted by Gasteiger charge is -2.12. The number of aryl methyl sites for hydroxylation is 1. The molecule has 1 nitrogen and oxygen atoms in total. The minimum atomic E-state index is -4.87. The van der Waals surface area contributed by atoms with E-state index in [4.69, 9.17) is 0 Å². The van der Waals surface area contributed by atoms with E-state index in [9.17, 15) is 22.0 Å². The highest BCUT2D eigenvalue weighted by molar-refractivity contribution is 5.37. The van der Waals surface area contributed by atoms with Crippen molar-refractivity contribution in [3.63, 3.8) is 0 Å². The first kappa shape index (κ1) is 11.7. The van der Waals surface area contributed by atoms with Gasteiger partial charge in [-0.15, -0.1) is 13.2 Å². The lowest BCUT2D eigenvalue weighted by molar-refractivity contribution is -0.274. The maximum absolute atomic E-state index is 12.2. The zero-order valence-electron chi connectivity index (χ0n) is 7.61. The van der Waals surface area contributed by atoms with E-state index in [-0.39, 0.29) is 5.56 Å². The summed E-state index contributed by atoms with van der Waals surface area (Å²) in [4.78, 5) is 0. The SMILES string of the molecule is Cc1ccc(C(F)F)cc1OC(F)(F)F. The molecule has 0 aromatic heterocycles. The monoisotopic (exact) mass is 226 g/mol. The van der Waals surface area contributed by atoms with Crippen molar-refractivity contribution in [1.82, 2.24) is 0 Å². The van der Waals surface area contributed by atoms with E-state index < -0.39 is 24.1 Å². The van der Waals surface area contributed by atoms with E-state index >= 15 is 0 Å². The van der Waals surface area contributed by atoms with Crippen molar-refractivity contribution in [2.45, 2.75) is 19.7 Å². The van der Waals surface area contributed by atoms with Gasteiger partial charge in [-0.2, -0.15) is 0 Å². The second-order valence-electron chi connectivity index (χ2n) is 2.87. The van der Waals surface area contributed by atoms with Gasteiger partial charge in [-0.3, -0.25) is 0 Å². The van der Waals surface area contributed by atoms with E-state index in [0.29, 0.717) is 6.07 Å². The van der Waals surface area contributed by atoms with Gasteiger partial charge in [0.2, 0.25) is 0 Å². The molecule has 0 atom stereocenters. The standard InChI is InChI=1S/C9H7F5O/c1-5-2-3-6(8(10)11)4-7(5)15-9(12,13)14/h2-4,8H,1H3. The van der Waals surface area contributed by atoms with Gasteiger partial charge in [0.25, 0.3) is 6.43 Å². The summed E-state index contributed by atoms with van der Waals surface area (Å²) in [5.74, 6) is -0.597. The van der Waals surface area contributed by atoms with Crippen LogP contribution < -0.4 is 4.74 Å². The largest absolute Gasteiger partial charge is 0.573 e. The van der Waals surface area contributed by atoms with Crippen LogP contribution in [-0.2, 0) is 0 Å². The Hall–Kier alpha value is -1.33. The third kappa shape index (κ3) is 3.38. The number of hydrogen-bond donors (Lipinski definition) is 0. The van der Waals surface area contributed by atoms with Gasteiger partial charge in [-0.05, 0) is 18.6 Å². The summed E-state index contributed by atoms with van der Waals surface area (Å²) in [6, 6.07) is 2.90. The average molecular weight is 226 g/mol. The summed E-state index contributed by atoms with van der Waals surface area (Å²) >= 11 is 0. The van der Waals surface area contributed by atoms with E-state index in [1.165, 1.54) is 6.92 Å². The fourth-order valence-electron chi connectivity index (χ4n) is 0.987. The first-order valence-electron chi connectivity index (χ1n) is 3.94. The zero-order chi connectivity index (χ0) is 11.6. The van der Waals surface area contributed by atoms with Crippen LogP contribution in [0.3, 0.4) is 0 Å². The summed E-state index contributed by atoms with van der Waals surface area (Å²) in [5, 5.41) is 0. The molecule has 0 amide bonds. The van der Waals surface area contributed by atoms with Gasteiger partial charge in [-0.25, -0.2) is 8.78 Å². The molecule has 0 aliphatic rings. The molecule has 15 heavy (non-hydrogen) atoms. The minimum absolute atomic E-state index is 0.150. The van der Waals surface area contributed by atoms with Crippen LogP contribution >= 0.6 is 0 Å². The number of benzene rings is 1. The van der Waals surface area contributed by atoms with E-state index in [2.05, 4.69) is 4.74 Å². The third-order valence-electron chi connectivity index (χ3n) is 1.69. The maximum Gasteiger partial charge on any atom is 0.573 e. The second kappa shape index (κ2) is 4.04. The molecule has 0 unspecified atom stereocenters. The molecular formula is C9H7F5O. The van der Waals surface area contributed by atoms with Gasteiger partial charge >= 0.3 is 6.36 Å². The Kier molecular flexibility index (Phi) is 3.16. The normalized spacial score (nSPS) is 11.9. The molecular weight excluding hydrogens is 219 g/mol. The summed E-state index contributed by atoms with van der Waals surface area (Å²) in [6.45, 7) is 1.34. The Morgan fingerprint density at radius 1 is 1.20 bits per heavy atom. The molecule has 0 fully saturated rings. The predicted octanol–water partition coefficient (Wildman–Crippen LogP) is 3.83. The third-order valence-corrected chi connectivity index (χ3v) is 1.69. The number of ether oxygens (including phenoxy) is 1. The first-order valence-corrected chi connectivity index (χ1v) is 3.94. The highest BCUT2D eigenvalue weighted by Gasteiger charge is 2.32. The predicted molar refractivity (Wildman–Crippen MR) is 42.8 cm³/mol. The van der Waals surface area contributed by atoms with Gasteiger partial charge in [0.1, 0.15) is 5.75 Å². The molecule has 0 saturated carbocycles. The van der Waals surface area contributed by atoms with E-state index in [1.54, 1.807) is 0 Å². The van der Waals surface area contributed by atoms with Gasteiger partial charge in [0.15, 0.2) is 0 Å². The van der Waals surface area contributed by atoms with Crippen LogP contribution in [0.25, 0.3) is 0 Å². The number of rotatable bonds is 2. The molecule has 0 aliphatic heterocycles. The Bertz CT molecular complexity index is 345. The van der Waals surface area contributed by atoms with Crippen molar-refractivity contribution in [3.05, 3.63) is 29.3 Å². The Morgan fingerprint density at radius 3 is 2.27 bits per heavy atom. The lowest BCUT2D eigenvalue weighted by atomic mass is 10.1. The lowest BCUT2D eigenvalue weighted by Crippen LogP contribution is -2.17. The summed E-state index contributed by atoms with van der Waals surface area (Å²) in [6.07, 6.45) is -7.69. The van der Waals surface area contributed by atoms with Crippen molar-refractivity contribution in [2.24, 2.45) is 0 Å². The van der Waals surface area contributed by atoms with Crippen molar-refractivity contribution < 1.29 is 26.7 Å². The Labute approximate surface area is 82.5 Å². The van der Waals surface area contributed by atoms with Crippen LogP contribution in [0.1, 0.15) is 17.6 Å². The van der Waals surface area contributed by atoms with E-state index in [1.807, 2.05) is 0 Å². The van der Waals surface area contributed by atoms with Crippen LogP contribution in [0.15, 0.2) is 18.2 Å². The summed E-state index contributed by atoms with van der Waals surface area (Å²) < 4.78 is 63.5. The highest BCUT2D eigenvalue weighted by atomic mass is 19.4. The molecule has 0 saturated heterocycles. The van der Waals surface area contributed by atoms with Crippen LogP contribution in [0, 0.1) is 6.92 Å². The average Bonchev–Trinajstić information content (AvgIpc) is 2.06. The number of alkyl halides is 5. The van der Waals surface area contributed by atoms with Crippen LogP contribution in [-0.4, -0.2) is 6.36 Å². The molecule has 1 aromatic rings. The molecule has 0 N–H and O–H groups in total. The van der Waals surface area contributed by atoms with Crippen molar-refractivity contribution in [2.75, 3.05) is 0 Å². The summed E-state index contributed by atoms with van der Waals surface area (Å²) in [5.41, 5.74) is -0.350. The van der Waals surface area contributed by atoms with E-state index in [0.717, 1.165) is 12.1 Å². The van der Waals surface area contributed by atoms with Gasteiger partial charge in [0, 0.05) is 5.56 Å². The molecule has 0 spiro atoms. The zero-order valence-corrected chi connectivity index (χ0v) is 7.61. The smallest absolute Gasteiger partial charge is 0.406 e. The van der Waals surface area contributed by atoms with Crippen LogP contribution in [0.4, 0.5) is 22.0 Å². The van der Waals surface area contributed by atoms with Crippen LogP contribution in [0.5, 0.6) is 5.75 Å². The molecule has 0 heterocycles. The quantitative estimate of drug-likeness (QED) is 0.696. The molecule has 1 aromatic carbocycles. The maximum atomic E-state index is 12.2. The number of halogens is 5. The number of hydrogen-bond acceptors (Lipinski definition) is 1. The second-order valence-corrected chi connectivity index (χ2v) is 2.87. The fraction of sp³-hybridized carbons (Fsp3) is 0.333. The molecule has 1 rings (SSSR count). The van der Waals surface area contributed by atoms with Crippen molar-refractivity contribution in [1.29, 1.82) is 0 Å². The Morgan fingerprint density at radius 2 is 1.80 bits per heavy atom. The molecule has 0 aliphatic carbocycles. The van der Waals surface area contributed by atoms with Gasteiger partial charge in [0.05, 0.1) is 0 Å². The van der Waals surface area contributed by atoms with Crippen molar-refractivity contribution in [3.8, 4) is 5.75 Å². The summed E-state index contributed by atoms with van der Waals surface area (Å²) in [7, 11) is 0. The fourth-order valence-corrected chi connectivity index (χ4v) is 0.987. The molecule has 0 bridgehead atoms. The van der Waals surface area contributed by atoms with Gasteiger partial charge < -0.3 is 4.74 Å². The van der Waals surface area contributed by atoms with Gasteiger partial charge in [-0.1, -0.05) is 12.1 Å².